The molecule has 0 aliphatic rings. The Morgan fingerprint density at radius 2 is 1.62 bits per heavy atom. The van der Waals surface area contributed by atoms with Crippen molar-refractivity contribution in [1.29, 1.82) is 0 Å². The molecule has 0 spiro atoms. The number of hydrogen-bond acceptors (Lipinski definition) is 1. The Hall–Kier alpha value is 0.350. The SMILES string of the molecule is CCCCCCCC(C)(C)SCCC(C)C. The van der Waals surface area contributed by atoms with Crippen LogP contribution in [0.25, 0.3) is 0 Å². The van der Waals surface area contributed by atoms with Gasteiger partial charge in [0.15, 0.2) is 0 Å². The van der Waals surface area contributed by atoms with Gasteiger partial charge in [0, 0.05) is 4.75 Å². The molecule has 0 aliphatic heterocycles. The fourth-order valence-corrected chi connectivity index (χ4v) is 3.23. The van der Waals surface area contributed by atoms with Gasteiger partial charge in [0.05, 0.1) is 0 Å². The zero-order valence-electron chi connectivity index (χ0n) is 12.1. The molecule has 98 valence electrons. The Morgan fingerprint density at radius 1 is 1.00 bits per heavy atom. The molecule has 0 atom stereocenters. The molecule has 16 heavy (non-hydrogen) atoms. The maximum absolute atomic E-state index is 2.41. The molecule has 0 saturated heterocycles. The second-order valence-electron chi connectivity index (χ2n) is 5.95. The summed E-state index contributed by atoms with van der Waals surface area (Å²) in [4.78, 5) is 0. The summed E-state index contributed by atoms with van der Waals surface area (Å²) >= 11 is 2.17. The summed E-state index contributed by atoms with van der Waals surface area (Å²) in [5.41, 5.74) is 0. The van der Waals surface area contributed by atoms with Crippen LogP contribution in [0, 0.1) is 5.92 Å². The van der Waals surface area contributed by atoms with Crippen molar-refractivity contribution >= 4 is 11.8 Å². The van der Waals surface area contributed by atoms with E-state index in [1.807, 2.05) is 0 Å². The Labute approximate surface area is 108 Å². The van der Waals surface area contributed by atoms with E-state index < -0.39 is 0 Å². The van der Waals surface area contributed by atoms with E-state index in [0.717, 1.165) is 5.92 Å². The van der Waals surface area contributed by atoms with Crippen LogP contribution in [-0.2, 0) is 0 Å². The first-order chi connectivity index (χ1) is 7.48. The van der Waals surface area contributed by atoms with Gasteiger partial charge in [0.1, 0.15) is 0 Å². The summed E-state index contributed by atoms with van der Waals surface area (Å²) in [5, 5.41) is 0. The molecule has 0 rings (SSSR count). The zero-order valence-corrected chi connectivity index (χ0v) is 13.0. The van der Waals surface area contributed by atoms with Gasteiger partial charge in [-0.05, 0) is 24.5 Å². The van der Waals surface area contributed by atoms with E-state index in [9.17, 15) is 0 Å². The third-order valence-electron chi connectivity index (χ3n) is 3.07. The van der Waals surface area contributed by atoms with Crippen LogP contribution >= 0.6 is 11.8 Å². The van der Waals surface area contributed by atoms with Crippen molar-refractivity contribution in [3.05, 3.63) is 0 Å². The van der Waals surface area contributed by atoms with Crippen LogP contribution in [-0.4, -0.2) is 10.5 Å². The van der Waals surface area contributed by atoms with Gasteiger partial charge < -0.3 is 0 Å². The molecule has 0 bridgehead atoms. The monoisotopic (exact) mass is 244 g/mol. The fraction of sp³-hybridized carbons (Fsp3) is 1.00. The van der Waals surface area contributed by atoms with E-state index in [1.54, 1.807) is 0 Å². The third-order valence-corrected chi connectivity index (χ3v) is 4.50. The minimum Gasteiger partial charge on any atom is -0.156 e. The predicted molar refractivity (Wildman–Crippen MR) is 79.4 cm³/mol. The molecule has 1 heteroatoms. The van der Waals surface area contributed by atoms with Crippen LogP contribution in [0.1, 0.15) is 79.6 Å². The summed E-state index contributed by atoms with van der Waals surface area (Å²) in [7, 11) is 0. The number of thioether (sulfide) groups is 1. The van der Waals surface area contributed by atoms with Gasteiger partial charge in [-0.15, -0.1) is 0 Å². The summed E-state index contributed by atoms with van der Waals surface area (Å²) in [6.45, 7) is 11.7. The minimum absolute atomic E-state index is 0.501. The average Bonchev–Trinajstić information content (AvgIpc) is 2.16. The number of rotatable bonds is 10. The van der Waals surface area contributed by atoms with E-state index in [-0.39, 0.29) is 0 Å². The lowest BCUT2D eigenvalue weighted by Crippen LogP contribution is -2.15. The fourth-order valence-electron chi connectivity index (χ4n) is 1.80. The first kappa shape index (κ1) is 16.4. The maximum Gasteiger partial charge on any atom is 0.0103 e. The van der Waals surface area contributed by atoms with Gasteiger partial charge in [-0.2, -0.15) is 11.8 Å². The normalized spacial score (nSPS) is 12.4. The Balaban J connectivity index is 3.46. The van der Waals surface area contributed by atoms with Gasteiger partial charge >= 0.3 is 0 Å². The molecule has 0 unspecified atom stereocenters. The molecule has 0 N–H and O–H groups in total. The smallest absolute Gasteiger partial charge is 0.0103 e. The Morgan fingerprint density at radius 3 is 2.19 bits per heavy atom. The third kappa shape index (κ3) is 10.9. The van der Waals surface area contributed by atoms with Gasteiger partial charge in [-0.3, -0.25) is 0 Å². The number of unbranched alkanes of at least 4 members (excludes halogenated alkanes) is 4. The lowest BCUT2D eigenvalue weighted by molar-refractivity contribution is 0.547. The highest BCUT2D eigenvalue weighted by Crippen LogP contribution is 2.31. The highest BCUT2D eigenvalue weighted by Gasteiger charge is 2.17. The predicted octanol–water partition coefficient (Wildman–Crippen LogP) is 5.90. The largest absolute Gasteiger partial charge is 0.156 e. The molecule has 0 aromatic rings. The second-order valence-corrected chi connectivity index (χ2v) is 7.76. The van der Waals surface area contributed by atoms with Crippen molar-refractivity contribution in [2.45, 2.75) is 84.3 Å². The van der Waals surface area contributed by atoms with Crippen LogP contribution < -0.4 is 0 Å². The van der Waals surface area contributed by atoms with E-state index >= 15 is 0 Å². The maximum atomic E-state index is 2.41. The van der Waals surface area contributed by atoms with Crippen LogP contribution in [0.3, 0.4) is 0 Å². The second kappa shape index (κ2) is 9.39. The van der Waals surface area contributed by atoms with Crippen LogP contribution in [0.5, 0.6) is 0 Å². The van der Waals surface area contributed by atoms with Crippen molar-refractivity contribution in [2.24, 2.45) is 5.92 Å². The molecule has 0 amide bonds. The van der Waals surface area contributed by atoms with Crippen molar-refractivity contribution in [2.75, 3.05) is 5.75 Å². The van der Waals surface area contributed by atoms with E-state index in [2.05, 4.69) is 46.4 Å². The Bertz CT molecular complexity index is 150. The van der Waals surface area contributed by atoms with Crippen molar-refractivity contribution in [1.82, 2.24) is 0 Å². The van der Waals surface area contributed by atoms with Crippen LogP contribution in [0.15, 0.2) is 0 Å². The first-order valence-corrected chi connectivity index (χ1v) is 8.10. The number of hydrogen-bond donors (Lipinski definition) is 0. The molecule has 0 fully saturated rings. The van der Waals surface area contributed by atoms with Crippen molar-refractivity contribution in [3.8, 4) is 0 Å². The summed E-state index contributed by atoms with van der Waals surface area (Å²) in [5.74, 6) is 2.19. The van der Waals surface area contributed by atoms with Gasteiger partial charge in [0.25, 0.3) is 0 Å². The van der Waals surface area contributed by atoms with E-state index in [1.165, 1.54) is 50.7 Å². The standard InChI is InChI=1S/C15H32S/c1-6-7-8-9-10-12-15(4,5)16-13-11-14(2)3/h14H,6-13H2,1-5H3. The highest BCUT2D eigenvalue weighted by atomic mass is 32.2. The quantitative estimate of drug-likeness (QED) is 0.431. The molecule has 0 saturated carbocycles. The molecular weight excluding hydrogens is 212 g/mol. The molecule has 0 radical (unpaired) electrons. The molecule has 0 aliphatic carbocycles. The van der Waals surface area contributed by atoms with Crippen LogP contribution in [0.4, 0.5) is 0 Å². The van der Waals surface area contributed by atoms with Gasteiger partial charge in [0.2, 0.25) is 0 Å². The highest BCUT2D eigenvalue weighted by molar-refractivity contribution is 8.00. The molecule has 0 aromatic carbocycles. The summed E-state index contributed by atoms with van der Waals surface area (Å²) in [6.07, 6.45) is 9.81. The van der Waals surface area contributed by atoms with Crippen LogP contribution in [0.2, 0.25) is 0 Å². The molecular formula is C15H32S. The van der Waals surface area contributed by atoms with Gasteiger partial charge in [-0.25, -0.2) is 0 Å². The molecule has 0 heterocycles. The molecule has 0 aromatic heterocycles. The summed E-state index contributed by atoms with van der Waals surface area (Å²) in [6, 6.07) is 0. The van der Waals surface area contributed by atoms with Crippen molar-refractivity contribution < 1.29 is 0 Å². The minimum atomic E-state index is 0.501. The average molecular weight is 244 g/mol. The zero-order chi connectivity index (χ0) is 12.4. The Kier molecular flexibility index (Phi) is 9.59. The molecule has 0 nitrogen and oxygen atoms in total. The van der Waals surface area contributed by atoms with E-state index in [0.29, 0.717) is 4.75 Å². The first-order valence-electron chi connectivity index (χ1n) is 7.12. The summed E-state index contributed by atoms with van der Waals surface area (Å²) < 4.78 is 0.501. The van der Waals surface area contributed by atoms with Gasteiger partial charge in [-0.1, -0.05) is 66.7 Å². The lowest BCUT2D eigenvalue weighted by Gasteiger charge is -2.24. The topological polar surface area (TPSA) is 0 Å². The lowest BCUT2D eigenvalue weighted by atomic mass is 10.0. The van der Waals surface area contributed by atoms with E-state index in [4.69, 9.17) is 0 Å². The van der Waals surface area contributed by atoms with Crippen molar-refractivity contribution in [3.63, 3.8) is 0 Å².